The van der Waals surface area contributed by atoms with Gasteiger partial charge in [-0.2, -0.15) is 0 Å². The van der Waals surface area contributed by atoms with Crippen molar-refractivity contribution in [1.82, 2.24) is 0 Å². The molecular formula is C19H23Cl2NO3. The van der Waals surface area contributed by atoms with Crippen LogP contribution in [0.5, 0.6) is 5.75 Å². The fourth-order valence-electron chi connectivity index (χ4n) is 2.20. The molecule has 2 rings (SSSR count). The van der Waals surface area contributed by atoms with Gasteiger partial charge in [-0.25, -0.2) is 4.79 Å². The summed E-state index contributed by atoms with van der Waals surface area (Å²) in [7, 11) is 1.37. The van der Waals surface area contributed by atoms with E-state index in [1.807, 2.05) is 24.3 Å². The second kappa shape index (κ2) is 11.6. The summed E-state index contributed by atoms with van der Waals surface area (Å²) in [5, 5.41) is 4.11. The lowest BCUT2D eigenvalue weighted by atomic mass is 10.2. The van der Waals surface area contributed by atoms with E-state index in [4.69, 9.17) is 16.3 Å². The summed E-state index contributed by atoms with van der Waals surface area (Å²) in [5.74, 6) is 0.427. The Balaban J connectivity index is 0.00000312. The Morgan fingerprint density at radius 3 is 2.32 bits per heavy atom. The molecule has 0 bridgehead atoms. The number of ether oxygens (including phenoxy) is 2. The normalized spacial score (nSPS) is 9.84. The van der Waals surface area contributed by atoms with Crippen molar-refractivity contribution in [3.05, 3.63) is 59.1 Å². The second-order valence-corrected chi connectivity index (χ2v) is 5.80. The fraction of sp³-hybridized carbons (Fsp3) is 0.316. The molecule has 0 aliphatic rings. The predicted molar refractivity (Wildman–Crippen MR) is 104 cm³/mol. The number of carbonyl (C=O) groups is 1. The van der Waals surface area contributed by atoms with Crippen LogP contribution < -0.4 is 10.1 Å². The van der Waals surface area contributed by atoms with Gasteiger partial charge in [0.05, 0.1) is 19.3 Å². The van der Waals surface area contributed by atoms with Gasteiger partial charge in [-0.15, -0.1) is 12.4 Å². The first-order valence-corrected chi connectivity index (χ1v) is 8.37. The molecule has 0 heterocycles. The summed E-state index contributed by atoms with van der Waals surface area (Å²) in [6, 6.07) is 14.7. The molecule has 0 spiro atoms. The first kappa shape index (κ1) is 21.1. The van der Waals surface area contributed by atoms with Crippen LogP contribution in [0.25, 0.3) is 0 Å². The second-order valence-electron chi connectivity index (χ2n) is 5.36. The number of carbonyl (C=O) groups excluding carboxylic acids is 1. The molecule has 0 radical (unpaired) electrons. The summed E-state index contributed by atoms with van der Waals surface area (Å²) >= 11 is 5.85. The molecule has 0 atom stereocenters. The minimum Gasteiger partial charge on any atom is -0.494 e. The van der Waals surface area contributed by atoms with Crippen molar-refractivity contribution in [2.24, 2.45) is 0 Å². The zero-order valence-corrected chi connectivity index (χ0v) is 15.7. The number of benzene rings is 2. The van der Waals surface area contributed by atoms with Gasteiger partial charge in [0.2, 0.25) is 0 Å². The van der Waals surface area contributed by atoms with Gasteiger partial charge in [0.25, 0.3) is 0 Å². The number of anilines is 1. The number of methoxy groups -OCH3 is 1. The molecule has 136 valence electrons. The molecule has 2 aromatic carbocycles. The van der Waals surface area contributed by atoms with Crippen molar-refractivity contribution in [2.45, 2.75) is 19.3 Å². The maximum Gasteiger partial charge on any atom is 0.337 e. The van der Waals surface area contributed by atoms with Crippen LogP contribution in [0.2, 0.25) is 5.02 Å². The molecule has 0 aromatic heterocycles. The summed E-state index contributed by atoms with van der Waals surface area (Å²) in [4.78, 5) is 11.3. The Hall–Kier alpha value is -1.91. The molecule has 0 saturated carbocycles. The number of rotatable bonds is 9. The van der Waals surface area contributed by atoms with Gasteiger partial charge in [0.15, 0.2) is 0 Å². The van der Waals surface area contributed by atoms with Crippen molar-refractivity contribution in [3.63, 3.8) is 0 Å². The largest absolute Gasteiger partial charge is 0.494 e. The minimum atomic E-state index is -0.338. The van der Waals surface area contributed by atoms with Crippen LogP contribution in [0.4, 0.5) is 5.69 Å². The van der Waals surface area contributed by atoms with Gasteiger partial charge >= 0.3 is 5.97 Å². The van der Waals surface area contributed by atoms with E-state index in [1.54, 1.807) is 24.3 Å². The molecular weight excluding hydrogens is 361 g/mol. The number of unbranched alkanes of at least 4 members (excludes halogenated alkanes) is 2. The predicted octanol–water partition coefficient (Wildman–Crippen LogP) is 5.21. The highest BCUT2D eigenvalue weighted by atomic mass is 35.5. The van der Waals surface area contributed by atoms with Gasteiger partial charge in [0, 0.05) is 17.3 Å². The average Bonchev–Trinajstić information content (AvgIpc) is 2.62. The highest BCUT2D eigenvalue weighted by Crippen LogP contribution is 2.15. The fourth-order valence-corrected chi connectivity index (χ4v) is 2.33. The maximum atomic E-state index is 11.3. The van der Waals surface area contributed by atoms with Crippen LogP contribution in [0, 0.1) is 0 Å². The van der Waals surface area contributed by atoms with E-state index in [0.29, 0.717) is 12.2 Å². The van der Waals surface area contributed by atoms with E-state index in [-0.39, 0.29) is 18.4 Å². The van der Waals surface area contributed by atoms with Crippen molar-refractivity contribution >= 4 is 35.7 Å². The van der Waals surface area contributed by atoms with Crippen LogP contribution in [-0.2, 0) is 4.74 Å². The monoisotopic (exact) mass is 383 g/mol. The Kier molecular flexibility index (Phi) is 9.81. The average molecular weight is 384 g/mol. The van der Waals surface area contributed by atoms with Gasteiger partial charge in [-0.05, 0) is 67.8 Å². The molecule has 0 aliphatic carbocycles. The molecule has 6 heteroatoms. The molecule has 0 saturated heterocycles. The lowest BCUT2D eigenvalue weighted by Gasteiger charge is -2.08. The minimum absolute atomic E-state index is 0. The molecule has 0 fully saturated rings. The number of halogens is 2. The van der Waals surface area contributed by atoms with Gasteiger partial charge in [-0.1, -0.05) is 11.6 Å². The Morgan fingerprint density at radius 2 is 1.68 bits per heavy atom. The van der Waals surface area contributed by atoms with Crippen molar-refractivity contribution in [2.75, 3.05) is 25.6 Å². The quantitative estimate of drug-likeness (QED) is 0.476. The third kappa shape index (κ3) is 7.67. The Labute approximate surface area is 159 Å². The van der Waals surface area contributed by atoms with Crippen LogP contribution >= 0.6 is 24.0 Å². The SMILES string of the molecule is COC(=O)c1ccc(OCCCCCNc2ccc(Cl)cc2)cc1.Cl. The van der Waals surface area contributed by atoms with Crippen LogP contribution in [-0.4, -0.2) is 26.2 Å². The lowest BCUT2D eigenvalue weighted by Crippen LogP contribution is -2.03. The number of esters is 1. The summed E-state index contributed by atoms with van der Waals surface area (Å²) in [5.41, 5.74) is 1.61. The third-order valence-corrected chi connectivity index (χ3v) is 3.79. The van der Waals surface area contributed by atoms with E-state index >= 15 is 0 Å². The van der Waals surface area contributed by atoms with E-state index in [9.17, 15) is 4.79 Å². The highest BCUT2D eigenvalue weighted by Gasteiger charge is 2.04. The molecule has 0 unspecified atom stereocenters. The lowest BCUT2D eigenvalue weighted by molar-refractivity contribution is 0.0600. The van der Waals surface area contributed by atoms with E-state index in [0.717, 1.165) is 42.3 Å². The zero-order valence-electron chi connectivity index (χ0n) is 14.2. The maximum absolute atomic E-state index is 11.3. The van der Waals surface area contributed by atoms with Gasteiger partial charge < -0.3 is 14.8 Å². The number of nitrogens with one attached hydrogen (secondary N) is 1. The van der Waals surface area contributed by atoms with Crippen molar-refractivity contribution in [3.8, 4) is 5.75 Å². The first-order chi connectivity index (χ1) is 11.7. The smallest absolute Gasteiger partial charge is 0.337 e. The first-order valence-electron chi connectivity index (χ1n) is 7.99. The topological polar surface area (TPSA) is 47.6 Å². The summed E-state index contributed by atoms with van der Waals surface area (Å²) in [6.45, 7) is 1.59. The van der Waals surface area contributed by atoms with E-state index in [2.05, 4.69) is 10.1 Å². The van der Waals surface area contributed by atoms with Gasteiger partial charge in [0.1, 0.15) is 5.75 Å². The van der Waals surface area contributed by atoms with Crippen molar-refractivity contribution < 1.29 is 14.3 Å². The summed E-state index contributed by atoms with van der Waals surface area (Å²) < 4.78 is 10.3. The molecule has 0 amide bonds. The Morgan fingerprint density at radius 1 is 1.00 bits per heavy atom. The van der Waals surface area contributed by atoms with Crippen molar-refractivity contribution in [1.29, 1.82) is 0 Å². The third-order valence-electron chi connectivity index (χ3n) is 3.54. The molecule has 2 aromatic rings. The van der Waals surface area contributed by atoms with E-state index < -0.39 is 0 Å². The van der Waals surface area contributed by atoms with Gasteiger partial charge in [-0.3, -0.25) is 0 Å². The molecule has 25 heavy (non-hydrogen) atoms. The zero-order chi connectivity index (χ0) is 17.2. The Bertz CT molecular complexity index is 630. The standard InChI is InChI=1S/C19H22ClNO3.ClH/c1-23-19(22)15-5-11-18(12-6-15)24-14-4-2-3-13-21-17-9-7-16(20)8-10-17;/h5-12,21H,2-4,13-14H2,1H3;1H. The van der Waals surface area contributed by atoms with E-state index in [1.165, 1.54) is 7.11 Å². The number of hydrogen-bond donors (Lipinski definition) is 1. The molecule has 4 nitrogen and oxygen atoms in total. The highest BCUT2D eigenvalue weighted by molar-refractivity contribution is 6.30. The molecule has 0 aliphatic heterocycles. The van der Waals surface area contributed by atoms with Crippen LogP contribution in [0.3, 0.4) is 0 Å². The van der Waals surface area contributed by atoms with Crippen LogP contribution in [0.1, 0.15) is 29.6 Å². The molecule has 1 N–H and O–H groups in total. The number of hydrogen-bond acceptors (Lipinski definition) is 4. The summed E-state index contributed by atoms with van der Waals surface area (Å²) in [6.07, 6.45) is 3.15. The van der Waals surface area contributed by atoms with Crippen LogP contribution in [0.15, 0.2) is 48.5 Å².